The molecule has 0 aliphatic rings. The van der Waals surface area contributed by atoms with E-state index in [0.29, 0.717) is 0 Å². The first-order valence-corrected chi connectivity index (χ1v) is 4.04. The quantitative estimate of drug-likeness (QED) is 0.674. The van der Waals surface area contributed by atoms with Crippen LogP contribution in [0.1, 0.15) is 16.5 Å². The summed E-state index contributed by atoms with van der Waals surface area (Å²) in [4.78, 5) is 1.09. The third kappa shape index (κ3) is 1.37. The lowest BCUT2D eigenvalue weighted by Crippen LogP contribution is -2.13. The first-order valence-electron chi connectivity index (χ1n) is 3.16. The van der Waals surface area contributed by atoms with Gasteiger partial charge in [0.2, 0.25) is 0 Å². The van der Waals surface area contributed by atoms with Crippen molar-refractivity contribution in [1.82, 2.24) is 0 Å². The second-order valence-electron chi connectivity index (χ2n) is 2.26. The van der Waals surface area contributed by atoms with Crippen LogP contribution in [0.4, 0.5) is 0 Å². The summed E-state index contributed by atoms with van der Waals surface area (Å²) in [5.74, 6) is 0. The van der Waals surface area contributed by atoms with Gasteiger partial charge < -0.3 is 10.8 Å². The lowest BCUT2D eigenvalue weighted by Gasteiger charge is -2.05. The number of hydrogen-bond donors (Lipinski definition) is 2. The first-order chi connectivity index (χ1) is 4.75. The van der Waals surface area contributed by atoms with E-state index in [4.69, 9.17) is 10.8 Å². The predicted molar refractivity (Wildman–Crippen MR) is 43.1 cm³/mol. The number of thiophene rings is 1. The van der Waals surface area contributed by atoms with Gasteiger partial charge in [-0.05, 0) is 23.9 Å². The molecule has 0 aliphatic heterocycles. The van der Waals surface area contributed by atoms with E-state index in [2.05, 4.69) is 0 Å². The Bertz CT molecular complexity index is 209. The Labute approximate surface area is 64.3 Å². The van der Waals surface area contributed by atoms with Gasteiger partial charge in [-0.15, -0.1) is 11.3 Å². The number of aliphatic hydroxyl groups excluding tert-OH is 1. The highest BCUT2D eigenvalue weighted by Gasteiger charge is 2.07. The highest BCUT2D eigenvalue weighted by molar-refractivity contribution is 7.10. The van der Waals surface area contributed by atoms with E-state index in [0.717, 1.165) is 4.88 Å². The lowest BCUT2D eigenvalue weighted by atomic mass is 10.2. The average molecular weight is 157 g/mol. The molecule has 56 valence electrons. The molecule has 0 saturated heterocycles. The molecule has 0 aromatic carbocycles. The van der Waals surface area contributed by atoms with Crippen LogP contribution in [-0.4, -0.2) is 11.7 Å². The summed E-state index contributed by atoms with van der Waals surface area (Å²) in [6, 6.07) is 1.81. The summed E-state index contributed by atoms with van der Waals surface area (Å²) in [6.07, 6.45) is 0. The minimum absolute atomic E-state index is 0.0291. The standard InChI is InChI=1S/C7H11NOS/c1-5-2-3-10-7(5)6(8)4-9/h2-3,6,9H,4,8H2,1H3/t6-/m1/s1. The van der Waals surface area contributed by atoms with Gasteiger partial charge in [0.15, 0.2) is 0 Å². The Morgan fingerprint density at radius 1 is 1.80 bits per heavy atom. The van der Waals surface area contributed by atoms with Gasteiger partial charge in [0.05, 0.1) is 12.6 Å². The van der Waals surface area contributed by atoms with Gasteiger partial charge in [0, 0.05) is 4.88 Å². The van der Waals surface area contributed by atoms with Crippen LogP contribution >= 0.6 is 11.3 Å². The van der Waals surface area contributed by atoms with Crippen molar-refractivity contribution in [2.45, 2.75) is 13.0 Å². The van der Waals surface area contributed by atoms with Gasteiger partial charge in [0.1, 0.15) is 0 Å². The molecule has 3 N–H and O–H groups in total. The Balaban J connectivity index is 2.82. The van der Waals surface area contributed by atoms with Crippen LogP contribution in [0.3, 0.4) is 0 Å². The van der Waals surface area contributed by atoms with Crippen LogP contribution in [0.5, 0.6) is 0 Å². The summed E-state index contributed by atoms with van der Waals surface area (Å²) in [5, 5.41) is 10.7. The van der Waals surface area contributed by atoms with E-state index in [-0.39, 0.29) is 12.6 Å². The molecule has 2 nitrogen and oxygen atoms in total. The van der Waals surface area contributed by atoms with E-state index in [1.165, 1.54) is 5.56 Å². The Kier molecular flexibility index (Phi) is 2.43. The number of rotatable bonds is 2. The first kappa shape index (κ1) is 7.72. The van der Waals surface area contributed by atoms with Gasteiger partial charge >= 0.3 is 0 Å². The van der Waals surface area contributed by atoms with Gasteiger partial charge in [-0.3, -0.25) is 0 Å². The summed E-state index contributed by atoms with van der Waals surface area (Å²) in [5.41, 5.74) is 6.77. The number of hydrogen-bond acceptors (Lipinski definition) is 3. The van der Waals surface area contributed by atoms with E-state index >= 15 is 0 Å². The summed E-state index contributed by atoms with van der Waals surface area (Å²) < 4.78 is 0. The minimum atomic E-state index is -0.194. The highest BCUT2D eigenvalue weighted by Crippen LogP contribution is 2.21. The highest BCUT2D eigenvalue weighted by atomic mass is 32.1. The Morgan fingerprint density at radius 3 is 2.90 bits per heavy atom. The molecular weight excluding hydrogens is 146 g/mol. The number of aryl methyl sites for hydroxylation is 1. The van der Waals surface area contributed by atoms with Gasteiger partial charge in [-0.2, -0.15) is 0 Å². The smallest absolute Gasteiger partial charge is 0.0632 e. The molecule has 0 fully saturated rings. The van der Waals surface area contributed by atoms with Crippen molar-refractivity contribution in [3.8, 4) is 0 Å². The van der Waals surface area contributed by atoms with Crippen molar-refractivity contribution in [1.29, 1.82) is 0 Å². The maximum atomic E-state index is 8.71. The minimum Gasteiger partial charge on any atom is -0.394 e. The van der Waals surface area contributed by atoms with Gasteiger partial charge in [-0.1, -0.05) is 0 Å². The fourth-order valence-electron chi connectivity index (χ4n) is 0.847. The van der Waals surface area contributed by atoms with Crippen LogP contribution in [-0.2, 0) is 0 Å². The topological polar surface area (TPSA) is 46.2 Å². The second-order valence-corrected chi connectivity index (χ2v) is 3.20. The molecule has 0 saturated carbocycles. The van der Waals surface area contributed by atoms with Crippen LogP contribution in [0.2, 0.25) is 0 Å². The molecular formula is C7H11NOS. The van der Waals surface area contributed by atoms with Gasteiger partial charge in [-0.25, -0.2) is 0 Å². The monoisotopic (exact) mass is 157 g/mol. The van der Waals surface area contributed by atoms with Crippen molar-refractivity contribution < 1.29 is 5.11 Å². The SMILES string of the molecule is Cc1ccsc1[C@H](N)CO. The number of aliphatic hydroxyl groups is 1. The molecule has 10 heavy (non-hydrogen) atoms. The van der Waals surface area contributed by atoms with Crippen LogP contribution in [0.25, 0.3) is 0 Å². The maximum Gasteiger partial charge on any atom is 0.0632 e. The van der Waals surface area contributed by atoms with E-state index in [1.54, 1.807) is 11.3 Å². The van der Waals surface area contributed by atoms with Crippen LogP contribution < -0.4 is 5.73 Å². The average Bonchev–Trinajstić information content (AvgIpc) is 2.34. The molecule has 1 aromatic heterocycles. The Morgan fingerprint density at radius 2 is 2.50 bits per heavy atom. The Hall–Kier alpha value is -0.380. The van der Waals surface area contributed by atoms with Crippen LogP contribution in [0.15, 0.2) is 11.4 Å². The maximum absolute atomic E-state index is 8.71. The fraction of sp³-hybridized carbons (Fsp3) is 0.429. The normalized spacial score (nSPS) is 13.5. The molecule has 0 spiro atoms. The largest absolute Gasteiger partial charge is 0.394 e. The molecule has 1 heterocycles. The molecule has 0 bridgehead atoms. The summed E-state index contributed by atoms with van der Waals surface area (Å²) in [6.45, 7) is 2.03. The third-order valence-electron chi connectivity index (χ3n) is 1.44. The van der Waals surface area contributed by atoms with Crippen molar-refractivity contribution >= 4 is 11.3 Å². The van der Waals surface area contributed by atoms with Crippen LogP contribution in [0, 0.1) is 6.92 Å². The fourth-order valence-corrected chi connectivity index (χ4v) is 1.77. The van der Waals surface area contributed by atoms with Crippen molar-refractivity contribution in [2.24, 2.45) is 5.73 Å². The van der Waals surface area contributed by atoms with Crippen molar-refractivity contribution in [2.75, 3.05) is 6.61 Å². The lowest BCUT2D eigenvalue weighted by molar-refractivity contribution is 0.269. The molecule has 1 aromatic rings. The van der Waals surface area contributed by atoms with E-state index in [1.807, 2.05) is 18.4 Å². The second kappa shape index (κ2) is 3.14. The molecule has 1 rings (SSSR count). The zero-order valence-electron chi connectivity index (χ0n) is 5.87. The molecule has 0 aliphatic carbocycles. The molecule has 0 amide bonds. The molecule has 0 unspecified atom stereocenters. The van der Waals surface area contributed by atoms with E-state index < -0.39 is 0 Å². The zero-order chi connectivity index (χ0) is 7.56. The van der Waals surface area contributed by atoms with Gasteiger partial charge in [0.25, 0.3) is 0 Å². The zero-order valence-corrected chi connectivity index (χ0v) is 6.69. The van der Waals surface area contributed by atoms with Crippen molar-refractivity contribution in [3.05, 3.63) is 21.9 Å². The van der Waals surface area contributed by atoms with E-state index in [9.17, 15) is 0 Å². The molecule has 0 radical (unpaired) electrons. The summed E-state index contributed by atoms with van der Waals surface area (Å²) >= 11 is 1.60. The number of nitrogens with two attached hydrogens (primary N) is 1. The van der Waals surface area contributed by atoms with Crippen molar-refractivity contribution in [3.63, 3.8) is 0 Å². The molecule has 3 heteroatoms. The third-order valence-corrected chi connectivity index (χ3v) is 2.59. The predicted octanol–water partition coefficient (Wildman–Crippen LogP) is 1.05. The summed E-state index contributed by atoms with van der Waals surface area (Å²) in [7, 11) is 0. The molecule has 1 atom stereocenters.